The quantitative estimate of drug-likeness (QED) is 0.654. The van der Waals surface area contributed by atoms with Gasteiger partial charge in [0, 0.05) is 13.1 Å². The van der Waals surface area contributed by atoms with Crippen molar-refractivity contribution in [2.75, 3.05) is 18.0 Å². The van der Waals surface area contributed by atoms with E-state index < -0.39 is 16.3 Å². The van der Waals surface area contributed by atoms with Gasteiger partial charge in [0.1, 0.15) is 12.4 Å². The molecule has 0 amide bonds. The number of aromatic nitrogens is 2. The summed E-state index contributed by atoms with van der Waals surface area (Å²) >= 11 is 0. The van der Waals surface area contributed by atoms with E-state index in [0.29, 0.717) is 25.5 Å². The molecule has 1 aliphatic heterocycles. The van der Waals surface area contributed by atoms with E-state index >= 15 is 0 Å². The second-order valence-electron chi connectivity index (χ2n) is 5.29. The summed E-state index contributed by atoms with van der Waals surface area (Å²) in [6.07, 6.45) is 2.79. The van der Waals surface area contributed by atoms with Gasteiger partial charge in [0.2, 0.25) is 5.95 Å². The van der Waals surface area contributed by atoms with Crippen LogP contribution in [0.1, 0.15) is 20.3 Å². The molecule has 2 rings (SSSR count). The van der Waals surface area contributed by atoms with E-state index in [9.17, 15) is 20.0 Å². The number of aliphatic carboxylic acids is 1. The molecule has 2 heterocycles. The molecule has 0 spiro atoms. The summed E-state index contributed by atoms with van der Waals surface area (Å²) in [5.41, 5.74) is -0.994. The fraction of sp³-hybridized carbons (Fsp3) is 0.583. The zero-order chi connectivity index (χ0) is 14.9. The largest absolute Gasteiger partial charge is 0.481 e. The molecule has 8 nitrogen and oxygen atoms in total. The van der Waals surface area contributed by atoms with Gasteiger partial charge in [-0.3, -0.25) is 14.9 Å². The number of carboxylic acid groups (broad SMARTS) is 1. The van der Waals surface area contributed by atoms with Crippen LogP contribution in [0.5, 0.6) is 0 Å². The maximum atomic E-state index is 11.5. The smallest absolute Gasteiger partial charge is 0.311 e. The van der Waals surface area contributed by atoms with Gasteiger partial charge in [0.05, 0.1) is 10.3 Å². The molecule has 108 valence electrons. The first-order valence-electron chi connectivity index (χ1n) is 6.31. The lowest BCUT2D eigenvalue weighted by molar-refractivity contribution is -0.385. The van der Waals surface area contributed by atoms with Crippen LogP contribution in [0.4, 0.5) is 11.6 Å². The summed E-state index contributed by atoms with van der Waals surface area (Å²) in [6.45, 7) is 4.61. The van der Waals surface area contributed by atoms with Gasteiger partial charge >= 0.3 is 11.7 Å². The lowest BCUT2D eigenvalue weighted by Gasteiger charge is -2.28. The van der Waals surface area contributed by atoms with E-state index in [0.717, 1.165) is 12.4 Å². The molecule has 8 heteroatoms. The molecule has 20 heavy (non-hydrogen) atoms. The van der Waals surface area contributed by atoms with Crippen molar-refractivity contribution in [1.82, 2.24) is 9.97 Å². The number of hydrogen-bond donors (Lipinski definition) is 1. The van der Waals surface area contributed by atoms with Crippen molar-refractivity contribution < 1.29 is 14.8 Å². The monoisotopic (exact) mass is 280 g/mol. The number of carboxylic acids is 1. The van der Waals surface area contributed by atoms with Gasteiger partial charge < -0.3 is 10.0 Å². The van der Waals surface area contributed by atoms with E-state index in [1.54, 1.807) is 4.90 Å². The summed E-state index contributed by atoms with van der Waals surface area (Å²) in [4.78, 5) is 31.2. The number of carbonyl (C=O) groups is 1. The van der Waals surface area contributed by atoms with Gasteiger partial charge in [-0.15, -0.1) is 0 Å². The van der Waals surface area contributed by atoms with E-state index in [4.69, 9.17) is 0 Å². The van der Waals surface area contributed by atoms with Gasteiger partial charge in [0.15, 0.2) is 0 Å². The highest BCUT2D eigenvalue weighted by Crippen LogP contribution is 2.39. The molecule has 0 aromatic carbocycles. The van der Waals surface area contributed by atoms with Gasteiger partial charge in [-0.25, -0.2) is 9.97 Å². The van der Waals surface area contributed by atoms with Gasteiger partial charge in [-0.1, -0.05) is 13.8 Å². The van der Waals surface area contributed by atoms with Crippen molar-refractivity contribution in [1.29, 1.82) is 0 Å². The van der Waals surface area contributed by atoms with E-state index in [1.807, 2.05) is 13.8 Å². The molecule has 1 N–H and O–H groups in total. The number of hydrogen-bond acceptors (Lipinski definition) is 6. The minimum absolute atomic E-state index is 0.0111. The SMILES string of the molecule is CC(C)C1(C(=O)O)CCN(c2ncc([N+](=O)[O-])cn2)C1. The third kappa shape index (κ3) is 2.28. The van der Waals surface area contributed by atoms with Crippen LogP contribution >= 0.6 is 0 Å². The Hall–Kier alpha value is -2.25. The fourth-order valence-electron chi connectivity index (χ4n) is 2.47. The average molecular weight is 280 g/mol. The Morgan fingerprint density at radius 1 is 1.50 bits per heavy atom. The summed E-state index contributed by atoms with van der Waals surface area (Å²) in [5, 5.41) is 20.0. The van der Waals surface area contributed by atoms with Gasteiger partial charge in [-0.05, 0) is 12.3 Å². The maximum Gasteiger partial charge on any atom is 0.311 e. The number of rotatable bonds is 4. The predicted molar refractivity (Wildman–Crippen MR) is 70.4 cm³/mol. The number of nitrogens with zero attached hydrogens (tertiary/aromatic N) is 4. The number of anilines is 1. The average Bonchev–Trinajstić information content (AvgIpc) is 2.85. The zero-order valence-corrected chi connectivity index (χ0v) is 11.3. The molecular weight excluding hydrogens is 264 g/mol. The number of nitro groups is 1. The Labute approximate surface area is 115 Å². The molecule has 0 saturated carbocycles. The second-order valence-corrected chi connectivity index (χ2v) is 5.29. The van der Waals surface area contributed by atoms with Crippen molar-refractivity contribution in [3.63, 3.8) is 0 Å². The van der Waals surface area contributed by atoms with Crippen LogP contribution in [0.25, 0.3) is 0 Å². The minimum Gasteiger partial charge on any atom is -0.481 e. The normalized spacial score (nSPS) is 22.2. The zero-order valence-electron chi connectivity index (χ0n) is 11.3. The topological polar surface area (TPSA) is 109 Å². The first-order valence-corrected chi connectivity index (χ1v) is 6.31. The molecule has 1 aromatic heterocycles. The Kier molecular flexibility index (Phi) is 3.56. The molecule has 0 aliphatic carbocycles. The molecule has 1 unspecified atom stereocenters. The van der Waals surface area contributed by atoms with E-state index in [1.165, 1.54) is 0 Å². The van der Waals surface area contributed by atoms with Crippen LogP contribution < -0.4 is 4.90 Å². The molecule has 1 atom stereocenters. The Bertz CT molecular complexity index is 531. The van der Waals surface area contributed by atoms with Gasteiger partial charge in [-0.2, -0.15) is 0 Å². The molecule has 0 radical (unpaired) electrons. The molecule has 1 fully saturated rings. The van der Waals surface area contributed by atoms with E-state index in [2.05, 4.69) is 9.97 Å². The van der Waals surface area contributed by atoms with Crippen LogP contribution in [0.2, 0.25) is 0 Å². The van der Waals surface area contributed by atoms with Crippen LogP contribution in [-0.2, 0) is 4.79 Å². The molecular formula is C12H16N4O4. The summed E-state index contributed by atoms with van der Waals surface area (Å²) in [5.74, 6) is -0.501. The lowest BCUT2D eigenvalue weighted by atomic mass is 9.76. The van der Waals surface area contributed by atoms with Gasteiger partial charge in [0.25, 0.3) is 0 Å². The Balaban J connectivity index is 2.20. The third-order valence-corrected chi connectivity index (χ3v) is 3.95. The summed E-state index contributed by atoms with van der Waals surface area (Å²) in [7, 11) is 0. The second kappa shape index (κ2) is 5.03. The maximum absolute atomic E-state index is 11.5. The van der Waals surface area contributed by atoms with Crippen molar-refractivity contribution in [2.24, 2.45) is 11.3 Å². The van der Waals surface area contributed by atoms with Crippen LogP contribution in [-0.4, -0.2) is 39.1 Å². The van der Waals surface area contributed by atoms with Crippen molar-refractivity contribution >= 4 is 17.6 Å². The molecule has 1 aliphatic rings. The molecule has 1 saturated heterocycles. The summed E-state index contributed by atoms with van der Waals surface area (Å²) < 4.78 is 0. The highest BCUT2D eigenvalue weighted by atomic mass is 16.6. The highest BCUT2D eigenvalue weighted by Gasteiger charge is 2.47. The van der Waals surface area contributed by atoms with Crippen LogP contribution in [0, 0.1) is 21.4 Å². The van der Waals surface area contributed by atoms with E-state index in [-0.39, 0.29) is 11.6 Å². The van der Waals surface area contributed by atoms with Crippen molar-refractivity contribution in [3.8, 4) is 0 Å². The van der Waals surface area contributed by atoms with Crippen LogP contribution in [0.3, 0.4) is 0 Å². The van der Waals surface area contributed by atoms with Crippen molar-refractivity contribution in [2.45, 2.75) is 20.3 Å². The predicted octanol–water partition coefficient (Wildman–Crippen LogP) is 1.32. The minimum atomic E-state index is -0.822. The fourth-order valence-corrected chi connectivity index (χ4v) is 2.47. The molecule has 0 bridgehead atoms. The first kappa shape index (κ1) is 14.2. The highest BCUT2D eigenvalue weighted by molar-refractivity contribution is 5.77. The first-order chi connectivity index (χ1) is 9.36. The third-order valence-electron chi connectivity index (χ3n) is 3.95. The van der Waals surface area contributed by atoms with Crippen molar-refractivity contribution in [3.05, 3.63) is 22.5 Å². The lowest BCUT2D eigenvalue weighted by Crippen LogP contribution is -2.39. The Morgan fingerprint density at radius 2 is 2.10 bits per heavy atom. The molecule has 1 aromatic rings. The standard InChI is InChI=1S/C12H16N4O4/c1-8(2)12(10(17)18)3-4-15(7-12)11-13-5-9(6-14-11)16(19)20/h5-6,8H,3-4,7H2,1-2H3,(H,17,18). The summed E-state index contributed by atoms with van der Waals surface area (Å²) in [6, 6.07) is 0. The van der Waals surface area contributed by atoms with Crippen LogP contribution in [0.15, 0.2) is 12.4 Å². The Morgan fingerprint density at radius 3 is 2.50 bits per heavy atom.